The van der Waals surface area contributed by atoms with E-state index in [1.165, 1.54) is 30.5 Å². The highest BCUT2D eigenvalue weighted by Gasteiger charge is 2.20. The molecule has 7 nitrogen and oxygen atoms in total. The molecule has 1 heterocycles. The van der Waals surface area contributed by atoms with Crippen molar-refractivity contribution in [3.05, 3.63) is 68.1 Å². The lowest BCUT2D eigenvalue weighted by Crippen LogP contribution is -3.04. The number of nitrogens with zero attached hydrogens (tertiary/aromatic N) is 1. The van der Waals surface area contributed by atoms with Crippen molar-refractivity contribution >= 4 is 16.7 Å². The smallest absolute Gasteiger partial charge is 0.269 e. The second-order valence-corrected chi connectivity index (χ2v) is 6.76. The standard InChI is InChI=1S/C20H20N2O5/c1-4-12-9-15-19(24)17(13-5-7-14(8-6-13)22(25)26)11-27-20(15)16(18(12)23)10-21(2)3/h5-9,11,23H,4,10H2,1-3H3/p+1. The first-order chi connectivity index (χ1) is 12.8. The number of benzene rings is 2. The Morgan fingerprint density at radius 2 is 1.89 bits per heavy atom. The first kappa shape index (κ1) is 18.6. The van der Waals surface area contributed by atoms with E-state index in [1.807, 2.05) is 21.0 Å². The van der Waals surface area contributed by atoms with Gasteiger partial charge in [0, 0.05) is 12.1 Å². The number of nitro benzene ring substituents is 1. The van der Waals surface area contributed by atoms with Crippen LogP contribution in [0.3, 0.4) is 0 Å². The van der Waals surface area contributed by atoms with Crippen LogP contribution in [0.4, 0.5) is 5.69 Å². The van der Waals surface area contributed by atoms with Gasteiger partial charge in [-0.3, -0.25) is 14.9 Å². The first-order valence-corrected chi connectivity index (χ1v) is 8.66. The Kier molecular flexibility index (Phi) is 4.96. The molecule has 0 saturated heterocycles. The molecule has 0 atom stereocenters. The summed E-state index contributed by atoms with van der Waals surface area (Å²) in [6.07, 6.45) is 1.93. The molecule has 3 aromatic rings. The van der Waals surface area contributed by atoms with Gasteiger partial charge in [0.05, 0.1) is 35.5 Å². The lowest BCUT2D eigenvalue weighted by Gasteiger charge is -2.14. The average Bonchev–Trinajstić information content (AvgIpc) is 2.64. The molecule has 0 aliphatic rings. The highest BCUT2D eigenvalue weighted by Crippen LogP contribution is 2.31. The maximum absolute atomic E-state index is 13.1. The van der Waals surface area contributed by atoms with Crippen LogP contribution in [0, 0.1) is 10.1 Å². The number of hydrogen-bond donors (Lipinski definition) is 2. The molecule has 3 rings (SSSR count). The van der Waals surface area contributed by atoms with Crippen LogP contribution in [0.1, 0.15) is 18.1 Å². The fourth-order valence-corrected chi connectivity index (χ4v) is 3.14. The molecule has 0 spiro atoms. The van der Waals surface area contributed by atoms with E-state index in [9.17, 15) is 20.0 Å². The van der Waals surface area contributed by atoms with Gasteiger partial charge in [-0.05, 0) is 35.7 Å². The SMILES string of the molecule is CCc1cc2c(=O)c(-c3ccc([N+](=O)[O-])cc3)coc2c(C[NH+](C)C)c1O. The van der Waals surface area contributed by atoms with Crippen molar-refractivity contribution in [2.45, 2.75) is 19.9 Å². The summed E-state index contributed by atoms with van der Waals surface area (Å²) in [5.74, 6) is 0.164. The van der Waals surface area contributed by atoms with Crippen LogP contribution in [0.15, 0.2) is 45.8 Å². The van der Waals surface area contributed by atoms with Gasteiger partial charge >= 0.3 is 0 Å². The number of phenols is 1. The van der Waals surface area contributed by atoms with Crippen LogP contribution < -0.4 is 10.3 Å². The molecule has 2 N–H and O–H groups in total. The van der Waals surface area contributed by atoms with Gasteiger partial charge in [0.1, 0.15) is 24.1 Å². The Morgan fingerprint density at radius 1 is 1.22 bits per heavy atom. The predicted molar refractivity (Wildman–Crippen MR) is 102 cm³/mol. The van der Waals surface area contributed by atoms with Gasteiger partial charge < -0.3 is 14.4 Å². The number of non-ortho nitro benzene ring substituents is 1. The number of aromatic hydroxyl groups is 1. The number of hydrogen-bond acceptors (Lipinski definition) is 5. The molecule has 0 aliphatic heterocycles. The number of fused-ring (bicyclic) bond motifs is 1. The number of quaternary nitrogens is 1. The molecule has 0 amide bonds. The minimum atomic E-state index is -0.487. The van der Waals surface area contributed by atoms with Gasteiger partial charge in [0.15, 0.2) is 0 Å². The van der Waals surface area contributed by atoms with Gasteiger partial charge in [-0.1, -0.05) is 6.92 Å². The quantitative estimate of drug-likeness (QED) is 0.531. The Hall–Kier alpha value is -3.19. The maximum Gasteiger partial charge on any atom is 0.269 e. The zero-order chi connectivity index (χ0) is 19.7. The second kappa shape index (κ2) is 7.20. The number of nitro groups is 1. The monoisotopic (exact) mass is 369 g/mol. The summed E-state index contributed by atoms with van der Waals surface area (Å²) in [7, 11) is 3.90. The van der Waals surface area contributed by atoms with Gasteiger partial charge in [0.2, 0.25) is 5.43 Å². The summed E-state index contributed by atoms with van der Waals surface area (Å²) in [5, 5.41) is 21.8. The second-order valence-electron chi connectivity index (χ2n) is 6.76. The van der Waals surface area contributed by atoms with Crippen LogP contribution in [0.5, 0.6) is 5.75 Å². The van der Waals surface area contributed by atoms with Crippen molar-refractivity contribution in [2.24, 2.45) is 0 Å². The Bertz CT molecular complexity index is 1070. The van der Waals surface area contributed by atoms with Crippen LogP contribution in [-0.2, 0) is 13.0 Å². The maximum atomic E-state index is 13.1. The molecular weight excluding hydrogens is 348 g/mol. The van der Waals surface area contributed by atoms with Gasteiger partial charge in [-0.2, -0.15) is 0 Å². The van der Waals surface area contributed by atoms with Crippen molar-refractivity contribution in [2.75, 3.05) is 14.1 Å². The van der Waals surface area contributed by atoms with Crippen LogP contribution in [-0.4, -0.2) is 24.1 Å². The van der Waals surface area contributed by atoms with Gasteiger partial charge in [-0.15, -0.1) is 0 Å². The van der Waals surface area contributed by atoms with Crippen molar-refractivity contribution in [1.29, 1.82) is 0 Å². The Morgan fingerprint density at radius 3 is 2.44 bits per heavy atom. The Balaban J connectivity index is 2.24. The molecule has 1 aromatic heterocycles. The molecule has 7 heteroatoms. The van der Waals surface area contributed by atoms with E-state index in [-0.39, 0.29) is 16.9 Å². The average molecular weight is 369 g/mol. The minimum Gasteiger partial charge on any atom is -0.507 e. The lowest BCUT2D eigenvalue weighted by molar-refractivity contribution is -0.872. The van der Waals surface area contributed by atoms with Crippen molar-refractivity contribution in [3.63, 3.8) is 0 Å². The molecule has 0 aliphatic carbocycles. The molecule has 0 radical (unpaired) electrons. The molecule has 0 bridgehead atoms. The van der Waals surface area contributed by atoms with E-state index < -0.39 is 4.92 Å². The van der Waals surface area contributed by atoms with Crippen molar-refractivity contribution in [1.82, 2.24) is 0 Å². The predicted octanol–water partition coefficient (Wildman–Crippen LogP) is 2.28. The van der Waals surface area contributed by atoms with Crippen LogP contribution in [0.2, 0.25) is 0 Å². The molecule has 140 valence electrons. The first-order valence-electron chi connectivity index (χ1n) is 8.66. The zero-order valence-electron chi connectivity index (χ0n) is 15.4. The summed E-state index contributed by atoms with van der Waals surface area (Å²) < 4.78 is 5.76. The third kappa shape index (κ3) is 3.41. The molecule has 0 saturated carbocycles. The largest absolute Gasteiger partial charge is 0.507 e. The highest BCUT2D eigenvalue weighted by molar-refractivity contribution is 5.86. The van der Waals surface area contributed by atoms with Crippen molar-refractivity contribution in [3.8, 4) is 16.9 Å². The summed E-state index contributed by atoms with van der Waals surface area (Å²) >= 11 is 0. The lowest BCUT2D eigenvalue weighted by atomic mass is 9.99. The Labute approximate surface area is 155 Å². The third-order valence-corrected chi connectivity index (χ3v) is 4.51. The molecule has 0 fully saturated rings. The van der Waals surface area contributed by atoms with E-state index in [4.69, 9.17) is 4.42 Å². The number of nitrogens with one attached hydrogen (secondary N) is 1. The highest BCUT2D eigenvalue weighted by atomic mass is 16.6. The van der Waals surface area contributed by atoms with Gasteiger partial charge in [0.25, 0.3) is 5.69 Å². The normalized spacial score (nSPS) is 11.3. The summed E-state index contributed by atoms with van der Waals surface area (Å²) in [6, 6.07) is 7.44. The van der Waals surface area contributed by atoms with E-state index in [0.717, 1.165) is 4.90 Å². The summed E-state index contributed by atoms with van der Waals surface area (Å²) in [6.45, 7) is 2.42. The number of aryl methyl sites for hydroxylation is 1. The van der Waals surface area contributed by atoms with Gasteiger partial charge in [-0.25, -0.2) is 0 Å². The molecular formula is C20H21N2O5+. The van der Waals surface area contributed by atoms with Crippen molar-refractivity contribution < 1.29 is 19.3 Å². The van der Waals surface area contributed by atoms with Crippen LogP contribution in [0.25, 0.3) is 22.1 Å². The minimum absolute atomic E-state index is 0.0432. The molecule has 2 aromatic carbocycles. The van der Waals surface area contributed by atoms with E-state index in [0.29, 0.717) is 46.2 Å². The zero-order valence-corrected chi connectivity index (χ0v) is 15.4. The summed E-state index contributed by atoms with van der Waals surface area (Å²) in [5.41, 5.74) is 2.27. The number of rotatable bonds is 5. The molecule has 0 unspecified atom stereocenters. The fraction of sp³-hybridized carbons (Fsp3) is 0.250. The van der Waals surface area contributed by atoms with E-state index >= 15 is 0 Å². The number of phenolic OH excluding ortho intramolecular Hbond substituents is 1. The van der Waals surface area contributed by atoms with Crippen LogP contribution >= 0.6 is 0 Å². The van der Waals surface area contributed by atoms with E-state index in [2.05, 4.69) is 0 Å². The topological polar surface area (TPSA) is 98.0 Å². The third-order valence-electron chi connectivity index (χ3n) is 4.51. The molecule has 27 heavy (non-hydrogen) atoms. The fourth-order valence-electron chi connectivity index (χ4n) is 3.14. The van der Waals surface area contributed by atoms with E-state index in [1.54, 1.807) is 6.07 Å². The summed E-state index contributed by atoms with van der Waals surface area (Å²) in [4.78, 5) is 24.5.